The van der Waals surface area contributed by atoms with Gasteiger partial charge in [0.1, 0.15) is 0 Å². The zero-order valence-electron chi connectivity index (χ0n) is 9.48. The lowest BCUT2D eigenvalue weighted by Crippen LogP contribution is -2.36. The first-order chi connectivity index (χ1) is 5.77. The Morgan fingerprint density at radius 2 is 1.69 bits per heavy atom. The largest absolute Gasteiger partial charge is 0.324 e. The van der Waals surface area contributed by atoms with Crippen LogP contribution in [-0.4, -0.2) is 5.54 Å². The van der Waals surface area contributed by atoms with Gasteiger partial charge in [-0.15, -0.1) is 0 Å². The molecule has 0 aromatic carbocycles. The second-order valence-corrected chi connectivity index (χ2v) is 6.70. The van der Waals surface area contributed by atoms with Crippen molar-refractivity contribution in [1.29, 1.82) is 0 Å². The number of hydrogen-bond acceptors (Lipinski definition) is 1. The predicted molar refractivity (Wildman–Crippen MR) is 56.4 cm³/mol. The van der Waals surface area contributed by atoms with Crippen LogP contribution in [0.2, 0.25) is 0 Å². The maximum Gasteiger partial charge on any atom is 0.0241 e. The molecule has 2 aliphatic rings. The molecule has 2 saturated carbocycles. The van der Waals surface area contributed by atoms with Crippen molar-refractivity contribution in [2.75, 3.05) is 0 Å². The Morgan fingerprint density at radius 1 is 1.15 bits per heavy atom. The van der Waals surface area contributed by atoms with Gasteiger partial charge in [0.15, 0.2) is 0 Å². The lowest BCUT2D eigenvalue weighted by Gasteiger charge is -2.24. The highest BCUT2D eigenvalue weighted by Gasteiger charge is 2.63. The molecule has 0 heterocycles. The third-order valence-electron chi connectivity index (χ3n) is 4.57. The molecular formula is C12H23N. The summed E-state index contributed by atoms with van der Waals surface area (Å²) < 4.78 is 0. The van der Waals surface area contributed by atoms with Crippen LogP contribution in [0.15, 0.2) is 0 Å². The van der Waals surface area contributed by atoms with Gasteiger partial charge in [0.25, 0.3) is 0 Å². The molecule has 0 aromatic rings. The van der Waals surface area contributed by atoms with Gasteiger partial charge in [-0.05, 0) is 42.4 Å². The fourth-order valence-corrected chi connectivity index (χ4v) is 3.26. The molecule has 13 heavy (non-hydrogen) atoms. The normalized spacial score (nSPS) is 46.4. The predicted octanol–water partition coefficient (Wildman–Crippen LogP) is 2.94. The number of rotatable bonds is 1. The Hall–Kier alpha value is -0.0400. The van der Waals surface area contributed by atoms with Crippen molar-refractivity contribution in [2.24, 2.45) is 22.5 Å². The topological polar surface area (TPSA) is 26.0 Å². The molecule has 0 aromatic heterocycles. The Balaban J connectivity index is 2.06. The van der Waals surface area contributed by atoms with E-state index in [0.717, 1.165) is 5.92 Å². The Morgan fingerprint density at radius 3 is 2.00 bits per heavy atom. The van der Waals surface area contributed by atoms with E-state index in [-0.39, 0.29) is 5.54 Å². The van der Waals surface area contributed by atoms with Crippen LogP contribution in [0.3, 0.4) is 0 Å². The second kappa shape index (κ2) is 2.31. The van der Waals surface area contributed by atoms with Crippen LogP contribution in [0, 0.1) is 16.7 Å². The van der Waals surface area contributed by atoms with Crippen molar-refractivity contribution in [3.8, 4) is 0 Å². The van der Waals surface area contributed by atoms with Gasteiger partial charge in [-0.3, -0.25) is 0 Å². The van der Waals surface area contributed by atoms with Crippen molar-refractivity contribution < 1.29 is 0 Å². The smallest absolute Gasteiger partial charge is 0.0241 e. The van der Waals surface area contributed by atoms with Gasteiger partial charge in [-0.2, -0.15) is 0 Å². The molecule has 2 atom stereocenters. The standard InChI is InChI=1S/C12H23N/c1-10(2)6-5-9(7-10)12(13)8-11(12,3)4/h9H,5-8,13H2,1-4H3. The molecule has 2 aliphatic carbocycles. The van der Waals surface area contributed by atoms with Crippen LogP contribution in [0.4, 0.5) is 0 Å². The maximum absolute atomic E-state index is 6.45. The molecule has 2 N–H and O–H groups in total. The van der Waals surface area contributed by atoms with Crippen LogP contribution < -0.4 is 5.73 Å². The van der Waals surface area contributed by atoms with E-state index < -0.39 is 0 Å². The molecule has 2 fully saturated rings. The quantitative estimate of drug-likeness (QED) is 0.661. The van der Waals surface area contributed by atoms with Gasteiger partial charge in [0.2, 0.25) is 0 Å². The number of hydrogen-bond donors (Lipinski definition) is 1. The van der Waals surface area contributed by atoms with Crippen molar-refractivity contribution in [3.05, 3.63) is 0 Å². The molecular weight excluding hydrogens is 158 g/mol. The van der Waals surface area contributed by atoms with Gasteiger partial charge < -0.3 is 5.73 Å². The zero-order chi connectivity index (χ0) is 9.91. The molecule has 1 nitrogen and oxygen atoms in total. The van der Waals surface area contributed by atoms with E-state index in [4.69, 9.17) is 5.73 Å². The van der Waals surface area contributed by atoms with Crippen LogP contribution in [0.5, 0.6) is 0 Å². The molecule has 0 saturated heterocycles. The molecule has 0 spiro atoms. The summed E-state index contributed by atoms with van der Waals surface area (Å²) in [6, 6.07) is 0. The van der Waals surface area contributed by atoms with Crippen LogP contribution in [0.25, 0.3) is 0 Å². The van der Waals surface area contributed by atoms with E-state index in [0.29, 0.717) is 10.8 Å². The summed E-state index contributed by atoms with van der Waals surface area (Å²) >= 11 is 0. The summed E-state index contributed by atoms with van der Waals surface area (Å²) in [7, 11) is 0. The Bertz CT molecular complexity index is 229. The van der Waals surface area contributed by atoms with E-state index >= 15 is 0 Å². The molecule has 2 unspecified atom stereocenters. The third-order valence-corrected chi connectivity index (χ3v) is 4.57. The van der Waals surface area contributed by atoms with Gasteiger partial charge in [0.05, 0.1) is 0 Å². The highest BCUT2D eigenvalue weighted by molar-refractivity contribution is 5.19. The molecule has 0 bridgehead atoms. The van der Waals surface area contributed by atoms with Gasteiger partial charge in [0, 0.05) is 5.54 Å². The summed E-state index contributed by atoms with van der Waals surface area (Å²) in [5, 5.41) is 0. The molecule has 0 amide bonds. The summed E-state index contributed by atoms with van der Waals surface area (Å²) in [4.78, 5) is 0. The fourth-order valence-electron chi connectivity index (χ4n) is 3.26. The monoisotopic (exact) mass is 181 g/mol. The highest BCUT2D eigenvalue weighted by atomic mass is 14.9. The van der Waals surface area contributed by atoms with Crippen molar-refractivity contribution in [3.63, 3.8) is 0 Å². The minimum absolute atomic E-state index is 0.181. The molecule has 76 valence electrons. The lowest BCUT2D eigenvalue weighted by atomic mass is 9.85. The minimum Gasteiger partial charge on any atom is -0.324 e. The van der Waals surface area contributed by atoms with Crippen LogP contribution >= 0.6 is 0 Å². The lowest BCUT2D eigenvalue weighted by molar-refractivity contribution is 0.300. The van der Waals surface area contributed by atoms with Gasteiger partial charge in [-0.25, -0.2) is 0 Å². The molecule has 0 radical (unpaired) electrons. The second-order valence-electron chi connectivity index (χ2n) is 6.70. The van der Waals surface area contributed by atoms with Crippen molar-refractivity contribution in [1.82, 2.24) is 0 Å². The average molecular weight is 181 g/mol. The maximum atomic E-state index is 6.45. The van der Waals surface area contributed by atoms with Crippen molar-refractivity contribution in [2.45, 2.75) is 58.9 Å². The van der Waals surface area contributed by atoms with Gasteiger partial charge >= 0.3 is 0 Å². The Labute approximate surface area is 82.1 Å². The molecule has 1 heteroatoms. The fraction of sp³-hybridized carbons (Fsp3) is 1.00. The van der Waals surface area contributed by atoms with E-state index in [1.165, 1.54) is 25.7 Å². The highest BCUT2D eigenvalue weighted by Crippen LogP contribution is 2.63. The summed E-state index contributed by atoms with van der Waals surface area (Å²) in [6.07, 6.45) is 5.30. The third kappa shape index (κ3) is 1.32. The van der Waals surface area contributed by atoms with Crippen molar-refractivity contribution >= 4 is 0 Å². The van der Waals surface area contributed by atoms with E-state index in [1.54, 1.807) is 0 Å². The first kappa shape index (κ1) is 9.51. The van der Waals surface area contributed by atoms with Crippen LogP contribution in [0.1, 0.15) is 53.4 Å². The summed E-state index contributed by atoms with van der Waals surface area (Å²) in [6.45, 7) is 9.40. The SMILES string of the molecule is CC1(C)CCC(C2(N)CC2(C)C)C1. The minimum atomic E-state index is 0.181. The first-order valence-electron chi connectivity index (χ1n) is 5.56. The zero-order valence-corrected chi connectivity index (χ0v) is 9.48. The van der Waals surface area contributed by atoms with Crippen LogP contribution in [-0.2, 0) is 0 Å². The van der Waals surface area contributed by atoms with E-state index in [2.05, 4.69) is 27.7 Å². The van der Waals surface area contributed by atoms with E-state index in [1.807, 2.05) is 0 Å². The van der Waals surface area contributed by atoms with Gasteiger partial charge in [-0.1, -0.05) is 27.7 Å². The Kier molecular flexibility index (Phi) is 1.69. The van der Waals surface area contributed by atoms with E-state index in [9.17, 15) is 0 Å². The molecule has 0 aliphatic heterocycles. The molecule has 2 rings (SSSR count). The number of nitrogens with two attached hydrogens (primary N) is 1. The average Bonchev–Trinajstić information content (AvgIpc) is 2.36. The summed E-state index contributed by atoms with van der Waals surface area (Å²) in [5.41, 5.74) is 7.60. The summed E-state index contributed by atoms with van der Waals surface area (Å²) in [5.74, 6) is 0.789. The first-order valence-corrected chi connectivity index (χ1v) is 5.56.